The van der Waals surface area contributed by atoms with Gasteiger partial charge in [0.25, 0.3) is 0 Å². The zero-order chi connectivity index (χ0) is 14.7. The van der Waals surface area contributed by atoms with Crippen LogP contribution in [0.15, 0.2) is 24.3 Å². The largest absolute Gasteiger partial charge is 0.369 e. The highest BCUT2D eigenvalue weighted by Crippen LogP contribution is 2.31. The third kappa shape index (κ3) is 2.67. The SMILES string of the molecule is CNCC1CCN(c2c(C#N)nnc3ccccc23)CC1. The van der Waals surface area contributed by atoms with Crippen molar-refractivity contribution in [1.29, 1.82) is 5.26 Å². The summed E-state index contributed by atoms with van der Waals surface area (Å²) in [4.78, 5) is 2.29. The first-order chi connectivity index (χ1) is 10.3. The minimum Gasteiger partial charge on any atom is -0.369 e. The zero-order valence-electron chi connectivity index (χ0n) is 12.2. The number of anilines is 1. The van der Waals surface area contributed by atoms with Gasteiger partial charge in [0.1, 0.15) is 6.07 Å². The summed E-state index contributed by atoms with van der Waals surface area (Å²) >= 11 is 0. The minimum absolute atomic E-state index is 0.431. The van der Waals surface area contributed by atoms with Crippen molar-refractivity contribution in [3.05, 3.63) is 30.0 Å². The molecule has 0 atom stereocenters. The monoisotopic (exact) mass is 281 g/mol. The summed E-state index contributed by atoms with van der Waals surface area (Å²) in [7, 11) is 2.00. The number of rotatable bonds is 3. The van der Waals surface area contributed by atoms with Crippen molar-refractivity contribution in [1.82, 2.24) is 15.5 Å². The van der Waals surface area contributed by atoms with Gasteiger partial charge in [-0.25, -0.2) is 0 Å². The van der Waals surface area contributed by atoms with Crippen molar-refractivity contribution in [3.8, 4) is 6.07 Å². The number of nitrogens with zero attached hydrogens (tertiary/aromatic N) is 4. The van der Waals surface area contributed by atoms with Gasteiger partial charge in [-0.2, -0.15) is 5.26 Å². The summed E-state index contributed by atoms with van der Waals surface area (Å²) in [5.74, 6) is 0.720. The maximum atomic E-state index is 9.36. The lowest BCUT2D eigenvalue weighted by Crippen LogP contribution is -2.37. The molecular formula is C16H19N5. The van der Waals surface area contributed by atoms with Crippen LogP contribution in [0.4, 0.5) is 5.69 Å². The molecule has 1 aromatic carbocycles. The second kappa shape index (κ2) is 6.06. The molecule has 1 aliphatic rings. The molecule has 1 fully saturated rings. The van der Waals surface area contributed by atoms with E-state index in [4.69, 9.17) is 0 Å². The topological polar surface area (TPSA) is 64.8 Å². The molecule has 5 heteroatoms. The van der Waals surface area contributed by atoms with E-state index in [1.807, 2.05) is 31.3 Å². The van der Waals surface area contributed by atoms with E-state index in [9.17, 15) is 5.26 Å². The fourth-order valence-corrected chi connectivity index (χ4v) is 3.08. The van der Waals surface area contributed by atoms with E-state index in [0.717, 1.165) is 55.0 Å². The summed E-state index contributed by atoms with van der Waals surface area (Å²) in [6.45, 7) is 3.00. The fraction of sp³-hybridized carbons (Fsp3) is 0.438. The van der Waals surface area contributed by atoms with Crippen LogP contribution in [-0.2, 0) is 0 Å². The lowest BCUT2D eigenvalue weighted by Gasteiger charge is -2.34. The van der Waals surface area contributed by atoms with Crippen molar-refractivity contribution in [2.45, 2.75) is 12.8 Å². The number of hydrogen-bond acceptors (Lipinski definition) is 5. The standard InChI is InChI=1S/C16H19N5/c1-18-11-12-6-8-21(9-7-12)16-13-4-2-3-5-14(13)19-20-15(16)10-17/h2-5,12,18H,6-9,11H2,1H3. The van der Waals surface area contributed by atoms with Gasteiger partial charge in [-0.3, -0.25) is 0 Å². The average molecular weight is 281 g/mol. The van der Waals surface area contributed by atoms with E-state index in [2.05, 4.69) is 26.5 Å². The van der Waals surface area contributed by atoms with Crippen LogP contribution in [0.5, 0.6) is 0 Å². The molecule has 0 aliphatic carbocycles. The molecule has 1 N–H and O–H groups in total. The Morgan fingerprint density at radius 3 is 2.76 bits per heavy atom. The van der Waals surface area contributed by atoms with Crippen LogP contribution in [0.1, 0.15) is 18.5 Å². The van der Waals surface area contributed by atoms with Crippen LogP contribution in [0.3, 0.4) is 0 Å². The van der Waals surface area contributed by atoms with Crippen molar-refractivity contribution in [3.63, 3.8) is 0 Å². The van der Waals surface area contributed by atoms with E-state index in [1.165, 1.54) is 0 Å². The molecular weight excluding hydrogens is 262 g/mol. The van der Waals surface area contributed by atoms with Gasteiger partial charge in [-0.1, -0.05) is 18.2 Å². The molecule has 2 aromatic rings. The first kappa shape index (κ1) is 13.8. The van der Waals surface area contributed by atoms with Crippen molar-refractivity contribution < 1.29 is 0 Å². The number of benzene rings is 1. The lowest BCUT2D eigenvalue weighted by atomic mass is 9.96. The number of nitrogens with one attached hydrogen (secondary N) is 1. The Hall–Kier alpha value is -2.19. The summed E-state index contributed by atoms with van der Waals surface area (Å²) in [6, 6.07) is 10.1. The quantitative estimate of drug-likeness (QED) is 0.931. The van der Waals surface area contributed by atoms with Crippen LogP contribution in [0.2, 0.25) is 0 Å². The van der Waals surface area contributed by atoms with Gasteiger partial charge in [0.2, 0.25) is 0 Å². The van der Waals surface area contributed by atoms with Crippen LogP contribution >= 0.6 is 0 Å². The highest BCUT2D eigenvalue weighted by molar-refractivity contribution is 5.93. The molecule has 21 heavy (non-hydrogen) atoms. The van der Waals surface area contributed by atoms with Crippen LogP contribution in [0.25, 0.3) is 10.9 Å². The number of nitriles is 1. The highest BCUT2D eigenvalue weighted by Gasteiger charge is 2.23. The number of fused-ring (bicyclic) bond motifs is 1. The van der Waals surface area contributed by atoms with Crippen LogP contribution in [-0.4, -0.2) is 36.9 Å². The Bertz CT molecular complexity index is 668. The maximum Gasteiger partial charge on any atom is 0.187 e. The molecule has 5 nitrogen and oxygen atoms in total. The van der Waals surface area contributed by atoms with Gasteiger partial charge in [0.15, 0.2) is 5.69 Å². The molecule has 2 heterocycles. The number of aromatic nitrogens is 2. The van der Waals surface area contributed by atoms with Gasteiger partial charge < -0.3 is 10.2 Å². The van der Waals surface area contributed by atoms with Gasteiger partial charge in [0, 0.05) is 18.5 Å². The second-order valence-corrected chi connectivity index (χ2v) is 5.51. The molecule has 0 spiro atoms. The Balaban J connectivity index is 1.95. The lowest BCUT2D eigenvalue weighted by molar-refractivity contribution is 0.393. The molecule has 0 unspecified atom stereocenters. The van der Waals surface area contributed by atoms with Gasteiger partial charge >= 0.3 is 0 Å². The third-order valence-corrected chi connectivity index (χ3v) is 4.17. The van der Waals surface area contributed by atoms with Crippen LogP contribution in [0, 0.1) is 17.2 Å². The van der Waals surface area contributed by atoms with Gasteiger partial charge in [-0.15, -0.1) is 10.2 Å². The molecule has 0 bridgehead atoms. The Morgan fingerprint density at radius 2 is 2.05 bits per heavy atom. The average Bonchev–Trinajstić information content (AvgIpc) is 2.55. The number of hydrogen-bond donors (Lipinski definition) is 1. The molecule has 1 saturated heterocycles. The second-order valence-electron chi connectivity index (χ2n) is 5.51. The molecule has 1 aliphatic heterocycles. The summed E-state index contributed by atoms with van der Waals surface area (Å²) < 4.78 is 0. The van der Waals surface area contributed by atoms with Crippen molar-refractivity contribution >= 4 is 16.6 Å². The first-order valence-corrected chi connectivity index (χ1v) is 7.38. The first-order valence-electron chi connectivity index (χ1n) is 7.38. The normalized spacial score (nSPS) is 16.1. The highest BCUT2D eigenvalue weighted by atomic mass is 15.2. The molecule has 1 aromatic heterocycles. The molecule has 0 amide bonds. The third-order valence-electron chi connectivity index (χ3n) is 4.17. The minimum atomic E-state index is 0.431. The Morgan fingerprint density at radius 1 is 1.29 bits per heavy atom. The molecule has 108 valence electrons. The Labute approximate surface area is 124 Å². The van der Waals surface area contributed by atoms with E-state index in [0.29, 0.717) is 5.69 Å². The van der Waals surface area contributed by atoms with Gasteiger partial charge in [0.05, 0.1) is 11.2 Å². The van der Waals surface area contributed by atoms with E-state index in [-0.39, 0.29) is 0 Å². The molecule has 0 radical (unpaired) electrons. The summed E-state index contributed by atoms with van der Waals surface area (Å²) in [5, 5.41) is 21.9. The van der Waals surface area contributed by atoms with Crippen molar-refractivity contribution in [2.75, 3.05) is 31.6 Å². The van der Waals surface area contributed by atoms with Crippen molar-refractivity contribution in [2.24, 2.45) is 5.92 Å². The Kier molecular flexibility index (Phi) is 3.98. The van der Waals surface area contributed by atoms with E-state index < -0.39 is 0 Å². The summed E-state index contributed by atoms with van der Waals surface area (Å²) in [5.41, 5.74) is 2.23. The number of piperidine rings is 1. The van der Waals surface area contributed by atoms with E-state index in [1.54, 1.807) is 0 Å². The predicted molar refractivity (Wildman–Crippen MR) is 83.1 cm³/mol. The zero-order valence-corrected chi connectivity index (χ0v) is 12.2. The summed E-state index contributed by atoms with van der Waals surface area (Å²) in [6.07, 6.45) is 2.28. The maximum absolute atomic E-state index is 9.36. The van der Waals surface area contributed by atoms with Gasteiger partial charge in [-0.05, 0) is 38.4 Å². The molecule has 0 saturated carbocycles. The predicted octanol–water partition coefficient (Wildman–Crippen LogP) is 1.94. The van der Waals surface area contributed by atoms with Crippen LogP contribution < -0.4 is 10.2 Å². The fourth-order valence-electron chi connectivity index (χ4n) is 3.08. The molecule has 3 rings (SSSR count). The smallest absolute Gasteiger partial charge is 0.187 e. The van der Waals surface area contributed by atoms with E-state index >= 15 is 0 Å².